The lowest BCUT2D eigenvalue weighted by Crippen LogP contribution is -2.41. The molecule has 0 spiro atoms. The molecule has 1 unspecified atom stereocenters. The summed E-state index contributed by atoms with van der Waals surface area (Å²) in [7, 11) is 0. The minimum absolute atomic E-state index is 0.00471. The second-order valence-corrected chi connectivity index (χ2v) is 6.40. The highest BCUT2D eigenvalue weighted by Crippen LogP contribution is 2.21. The Labute approximate surface area is 123 Å². The quantitative estimate of drug-likeness (QED) is 0.698. The second kappa shape index (κ2) is 7.99. The van der Waals surface area contributed by atoms with Crippen LogP contribution in [0.4, 0.5) is 0 Å². The largest absolute Gasteiger partial charge is 0.466 e. The van der Waals surface area contributed by atoms with Gasteiger partial charge in [-0.05, 0) is 64.7 Å². The van der Waals surface area contributed by atoms with Gasteiger partial charge in [0.05, 0.1) is 12.5 Å². The van der Waals surface area contributed by atoms with Crippen LogP contribution in [0.1, 0.15) is 39.5 Å². The van der Waals surface area contributed by atoms with E-state index in [1.54, 1.807) is 0 Å². The fourth-order valence-corrected chi connectivity index (χ4v) is 3.43. The summed E-state index contributed by atoms with van der Waals surface area (Å²) in [4.78, 5) is 16.7. The normalized spacial score (nSPS) is 23.9. The van der Waals surface area contributed by atoms with Gasteiger partial charge in [0.2, 0.25) is 0 Å². The van der Waals surface area contributed by atoms with Crippen molar-refractivity contribution in [2.24, 2.45) is 11.8 Å². The number of hydrogen-bond acceptors (Lipinski definition) is 4. The molecule has 0 N–H and O–H groups in total. The Morgan fingerprint density at radius 2 is 1.80 bits per heavy atom. The first-order valence-electron chi connectivity index (χ1n) is 8.30. The number of rotatable bonds is 6. The molecule has 2 aliphatic rings. The molecule has 4 nitrogen and oxygen atoms in total. The third-order valence-corrected chi connectivity index (χ3v) is 4.64. The van der Waals surface area contributed by atoms with Gasteiger partial charge < -0.3 is 14.5 Å². The van der Waals surface area contributed by atoms with Crippen LogP contribution in [0.5, 0.6) is 0 Å². The summed E-state index contributed by atoms with van der Waals surface area (Å²) in [5.74, 6) is 0.819. The van der Waals surface area contributed by atoms with Crippen molar-refractivity contribution in [2.45, 2.75) is 39.5 Å². The topological polar surface area (TPSA) is 32.8 Å². The Morgan fingerprint density at radius 1 is 1.15 bits per heavy atom. The molecule has 2 heterocycles. The zero-order valence-corrected chi connectivity index (χ0v) is 13.1. The third-order valence-electron chi connectivity index (χ3n) is 4.64. The Bertz CT molecular complexity index is 295. The van der Waals surface area contributed by atoms with E-state index in [2.05, 4.69) is 9.80 Å². The smallest absolute Gasteiger partial charge is 0.309 e. The van der Waals surface area contributed by atoms with Crippen LogP contribution < -0.4 is 0 Å². The van der Waals surface area contributed by atoms with Crippen molar-refractivity contribution < 1.29 is 9.53 Å². The van der Waals surface area contributed by atoms with Crippen molar-refractivity contribution in [3.05, 3.63) is 0 Å². The van der Waals surface area contributed by atoms with E-state index in [4.69, 9.17) is 4.74 Å². The van der Waals surface area contributed by atoms with Crippen LogP contribution >= 0.6 is 0 Å². The van der Waals surface area contributed by atoms with Crippen molar-refractivity contribution >= 4 is 5.97 Å². The first kappa shape index (κ1) is 15.8. The number of likely N-dealkylation sites (tertiary alicyclic amines) is 2. The lowest BCUT2D eigenvalue weighted by molar-refractivity contribution is -0.148. The molecule has 116 valence electrons. The van der Waals surface area contributed by atoms with E-state index in [0.717, 1.165) is 25.6 Å². The SMILES string of the molecule is CCOC(=O)C(C)CN1CCC(CN2CCCC2)CC1. The molecule has 20 heavy (non-hydrogen) atoms. The van der Waals surface area contributed by atoms with Gasteiger partial charge in [-0.15, -0.1) is 0 Å². The Balaban J connectivity index is 1.64. The van der Waals surface area contributed by atoms with Gasteiger partial charge in [0, 0.05) is 13.1 Å². The van der Waals surface area contributed by atoms with Crippen LogP contribution in [0.3, 0.4) is 0 Å². The molecule has 0 bridgehead atoms. The summed E-state index contributed by atoms with van der Waals surface area (Å²) in [5.41, 5.74) is 0. The van der Waals surface area contributed by atoms with Crippen molar-refractivity contribution in [3.63, 3.8) is 0 Å². The zero-order valence-electron chi connectivity index (χ0n) is 13.1. The minimum Gasteiger partial charge on any atom is -0.466 e. The highest BCUT2D eigenvalue weighted by atomic mass is 16.5. The molecule has 0 saturated carbocycles. The number of esters is 1. The first-order valence-corrected chi connectivity index (χ1v) is 8.30. The van der Waals surface area contributed by atoms with E-state index in [9.17, 15) is 4.79 Å². The van der Waals surface area contributed by atoms with Crippen LogP contribution in [0, 0.1) is 11.8 Å². The monoisotopic (exact) mass is 282 g/mol. The highest BCUT2D eigenvalue weighted by Gasteiger charge is 2.25. The molecule has 4 heteroatoms. The number of carbonyl (C=O) groups is 1. The average molecular weight is 282 g/mol. The van der Waals surface area contributed by atoms with E-state index in [-0.39, 0.29) is 11.9 Å². The Hall–Kier alpha value is -0.610. The van der Waals surface area contributed by atoms with Crippen molar-refractivity contribution in [2.75, 3.05) is 45.9 Å². The van der Waals surface area contributed by atoms with Gasteiger partial charge in [-0.25, -0.2) is 0 Å². The molecule has 2 rings (SSSR count). The summed E-state index contributed by atoms with van der Waals surface area (Å²) < 4.78 is 5.08. The molecular formula is C16H30N2O2. The van der Waals surface area contributed by atoms with Crippen molar-refractivity contribution in [1.82, 2.24) is 9.80 Å². The number of nitrogens with zero attached hydrogens (tertiary/aromatic N) is 2. The maximum absolute atomic E-state index is 11.7. The maximum Gasteiger partial charge on any atom is 0.309 e. The number of hydrogen-bond donors (Lipinski definition) is 0. The molecule has 0 amide bonds. The standard InChI is InChI=1S/C16H30N2O2/c1-3-20-16(19)14(2)12-18-10-6-15(7-11-18)13-17-8-4-5-9-17/h14-15H,3-13H2,1-2H3. The van der Waals surface area contributed by atoms with Crippen molar-refractivity contribution in [3.8, 4) is 0 Å². The first-order chi connectivity index (χ1) is 9.69. The van der Waals surface area contributed by atoms with Crippen LogP contribution in [0.25, 0.3) is 0 Å². The third kappa shape index (κ3) is 4.74. The average Bonchev–Trinajstić information content (AvgIpc) is 2.94. The molecule has 2 saturated heterocycles. The Kier molecular flexibility index (Phi) is 6.30. The van der Waals surface area contributed by atoms with E-state index in [0.29, 0.717) is 6.61 Å². The van der Waals surface area contributed by atoms with Crippen molar-refractivity contribution in [1.29, 1.82) is 0 Å². The lowest BCUT2D eigenvalue weighted by atomic mass is 9.95. The van der Waals surface area contributed by atoms with Gasteiger partial charge in [-0.1, -0.05) is 6.92 Å². The van der Waals surface area contributed by atoms with Crippen LogP contribution in [0.2, 0.25) is 0 Å². The number of ether oxygens (including phenoxy) is 1. The zero-order chi connectivity index (χ0) is 14.4. The summed E-state index contributed by atoms with van der Waals surface area (Å²) in [6.07, 6.45) is 5.34. The van der Waals surface area contributed by atoms with E-state index < -0.39 is 0 Å². The fraction of sp³-hybridized carbons (Fsp3) is 0.938. The lowest BCUT2D eigenvalue weighted by Gasteiger charge is -2.34. The highest BCUT2D eigenvalue weighted by molar-refractivity contribution is 5.72. The molecule has 1 atom stereocenters. The maximum atomic E-state index is 11.7. The minimum atomic E-state index is -0.0494. The molecule has 2 aliphatic heterocycles. The van der Waals surface area contributed by atoms with Crippen LogP contribution in [0.15, 0.2) is 0 Å². The molecule has 0 aromatic heterocycles. The molecule has 0 aromatic rings. The molecule has 0 aromatic carbocycles. The summed E-state index contributed by atoms with van der Waals surface area (Å²) >= 11 is 0. The van der Waals surface area contributed by atoms with E-state index >= 15 is 0 Å². The fourth-order valence-electron chi connectivity index (χ4n) is 3.43. The van der Waals surface area contributed by atoms with Gasteiger partial charge in [0.1, 0.15) is 0 Å². The van der Waals surface area contributed by atoms with Gasteiger partial charge in [-0.2, -0.15) is 0 Å². The predicted octanol–water partition coefficient (Wildman–Crippen LogP) is 1.99. The predicted molar refractivity (Wildman–Crippen MR) is 80.6 cm³/mol. The summed E-state index contributed by atoms with van der Waals surface area (Å²) in [6.45, 7) is 11.4. The molecule has 0 aliphatic carbocycles. The van der Waals surface area contributed by atoms with Gasteiger partial charge in [-0.3, -0.25) is 4.79 Å². The second-order valence-electron chi connectivity index (χ2n) is 6.40. The van der Waals surface area contributed by atoms with Crippen LogP contribution in [-0.4, -0.2) is 61.6 Å². The molecular weight excluding hydrogens is 252 g/mol. The van der Waals surface area contributed by atoms with E-state index in [1.807, 2.05) is 13.8 Å². The number of piperidine rings is 1. The molecule has 2 fully saturated rings. The van der Waals surface area contributed by atoms with Crippen LogP contribution in [-0.2, 0) is 9.53 Å². The number of carbonyl (C=O) groups excluding carboxylic acids is 1. The van der Waals surface area contributed by atoms with E-state index in [1.165, 1.54) is 45.3 Å². The summed E-state index contributed by atoms with van der Waals surface area (Å²) in [6, 6.07) is 0. The summed E-state index contributed by atoms with van der Waals surface area (Å²) in [5, 5.41) is 0. The van der Waals surface area contributed by atoms with Gasteiger partial charge in [0.15, 0.2) is 0 Å². The Morgan fingerprint density at radius 3 is 2.40 bits per heavy atom. The van der Waals surface area contributed by atoms with Gasteiger partial charge in [0.25, 0.3) is 0 Å². The van der Waals surface area contributed by atoms with Gasteiger partial charge >= 0.3 is 5.97 Å². The molecule has 0 radical (unpaired) electrons.